The van der Waals surface area contributed by atoms with E-state index in [-0.39, 0.29) is 0 Å². The second kappa shape index (κ2) is 8.72. The summed E-state index contributed by atoms with van der Waals surface area (Å²) in [5, 5.41) is 3.08. The third-order valence-corrected chi connectivity index (χ3v) is 7.26. The fourth-order valence-corrected chi connectivity index (χ4v) is 4.44. The third-order valence-electron chi connectivity index (χ3n) is 1.49. The van der Waals surface area contributed by atoms with E-state index in [0.717, 1.165) is 12.3 Å². The molecule has 1 atom stereocenters. The second-order valence-electron chi connectivity index (χ2n) is 2.62. The van der Waals surface area contributed by atoms with Crippen molar-refractivity contribution in [3.8, 4) is 0 Å². The highest BCUT2D eigenvalue weighted by atomic mass is 32.9. The molecule has 0 radical (unpaired) electrons. The first-order chi connectivity index (χ1) is 6.68. The molecule has 3 nitrogen and oxygen atoms in total. The molecule has 0 bridgehead atoms. The SMILES string of the molecule is CCCCSP(=S)(N/C=N/CC)OC. The monoisotopic (exact) mass is 254 g/mol. The minimum atomic E-state index is -1.91. The molecule has 6 heteroatoms. The molecule has 1 unspecified atom stereocenters. The van der Waals surface area contributed by atoms with E-state index in [1.165, 1.54) is 12.8 Å². The molecular formula is C8H19N2OPS2. The smallest absolute Gasteiger partial charge is 0.210 e. The predicted octanol–water partition coefficient (Wildman–Crippen LogP) is 3.03. The number of aliphatic imine (C=N–C) groups is 1. The van der Waals surface area contributed by atoms with Crippen LogP contribution in [0, 0.1) is 0 Å². The van der Waals surface area contributed by atoms with Gasteiger partial charge in [0.25, 0.3) is 0 Å². The van der Waals surface area contributed by atoms with Crippen LogP contribution in [0.25, 0.3) is 0 Å². The summed E-state index contributed by atoms with van der Waals surface area (Å²) in [5.41, 5.74) is -1.91. The number of nitrogens with zero attached hydrogens (tertiary/aromatic N) is 1. The van der Waals surface area contributed by atoms with Gasteiger partial charge in [0.1, 0.15) is 0 Å². The molecule has 0 aromatic rings. The zero-order valence-electron chi connectivity index (χ0n) is 9.02. The largest absolute Gasteiger partial charge is 0.330 e. The van der Waals surface area contributed by atoms with Gasteiger partial charge in [-0.05, 0) is 25.2 Å². The highest BCUT2D eigenvalue weighted by Crippen LogP contribution is 2.55. The van der Waals surface area contributed by atoms with Gasteiger partial charge in [0, 0.05) is 19.4 Å². The zero-order valence-corrected chi connectivity index (χ0v) is 11.6. The average molecular weight is 254 g/mol. The third kappa shape index (κ3) is 6.82. The molecule has 0 aromatic carbocycles. The van der Waals surface area contributed by atoms with Crippen molar-refractivity contribution in [3.63, 3.8) is 0 Å². The molecular weight excluding hydrogens is 235 g/mol. The molecule has 14 heavy (non-hydrogen) atoms. The van der Waals surface area contributed by atoms with Gasteiger partial charge in [-0.3, -0.25) is 4.99 Å². The van der Waals surface area contributed by atoms with Crippen molar-refractivity contribution < 1.29 is 4.52 Å². The highest BCUT2D eigenvalue weighted by molar-refractivity contribution is 8.68. The van der Waals surface area contributed by atoms with Crippen LogP contribution in [-0.2, 0) is 16.3 Å². The number of hydrogen-bond acceptors (Lipinski definition) is 4. The number of unbranched alkanes of at least 4 members (excludes halogenated alkanes) is 1. The lowest BCUT2D eigenvalue weighted by atomic mass is 10.4. The summed E-state index contributed by atoms with van der Waals surface area (Å²) < 4.78 is 5.32. The van der Waals surface area contributed by atoms with Gasteiger partial charge in [-0.25, -0.2) is 0 Å². The first-order valence-electron chi connectivity index (χ1n) is 4.75. The molecule has 1 N–H and O–H groups in total. The number of rotatable bonds is 8. The lowest BCUT2D eigenvalue weighted by Gasteiger charge is -2.18. The van der Waals surface area contributed by atoms with Crippen molar-refractivity contribution >= 4 is 35.1 Å². The molecule has 0 fully saturated rings. The van der Waals surface area contributed by atoms with E-state index >= 15 is 0 Å². The summed E-state index contributed by atoms with van der Waals surface area (Å²) in [5.74, 6) is 1.05. The molecule has 0 rings (SSSR count). The Morgan fingerprint density at radius 3 is 2.79 bits per heavy atom. The topological polar surface area (TPSA) is 33.6 Å². The van der Waals surface area contributed by atoms with Crippen molar-refractivity contribution in [2.45, 2.75) is 26.7 Å². The fraction of sp³-hybridized carbons (Fsp3) is 0.875. The van der Waals surface area contributed by atoms with Gasteiger partial charge in [0.2, 0.25) is 5.62 Å². The molecule has 0 saturated carbocycles. The first-order valence-corrected chi connectivity index (χ1v) is 9.06. The molecule has 0 spiro atoms. The molecule has 0 saturated heterocycles. The Hall–Kier alpha value is 0.430. The van der Waals surface area contributed by atoms with Crippen molar-refractivity contribution in [3.05, 3.63) is 0 Å². The summed E-state index contributed by atoms with van der Waals surface area (Å²) in [6, 6.07) is 0. The van der Waals surface area contributed by atoms with Crippen molar-refractivity contribution in [2.24, 2.45) is 4.99 Å². The van der Waals surface area contributed by atoms with Crippen LogP contribution >= 0.6 is 17.0 Å². The van der Waals surface area contributed by atoms with E-state index in [0.29, 0.717) is 0 Å². The lowest BCUT2D eigenvalue weighted by molar-refractivity contribution is 0.467. The van der Waals surface area contributed by atoms with Crippen molar-refractivity contribution in [1.82, 2.24) is 5.09 Å². The van der Waals surface area contributed by atoms with Gasteiger partial charge in [-0.1, -0.05) is 24.7 Å². The maximum absolute atomic E-state index is 5.38. The Balaban J connectivity index is 3.92. The fourth-order valence-electron chi connectivity index (χ4n) is 0.675. The Morgan fingerprint density at radius 1 is 1.57 bits per heavy atom. The van der Waals surface area contributed by atoms with E-state index in [1.54, 1.807) is 24.8 Å². The minimum absolute atomic E-state index is 0.770. The summed E-state index contributed by atoms with van der Waals surface area (Å²) in [6.45, 7) is 4.92. The lowest BCUT2D eigenvalue weighted by Crippen LogP contribution is -2.07. The summed E-state index contributed by atoms with van der Waals surface area (Å²) in [6.07, 6.45) is 4.04. The Kier molecular flexibility index (Phi) is 8.98. The van der Waals surface area contributed by atoms with Crippen LogP contribution in [0.2, 0.25) is 0 Å². The molecule has 84 valence electrons. The summed E-state index contributed by atoms with van der Waals surface area (Å²) in [7, 11) is 1.66. The second-order valence-corrected chi connectivity index (χ2v) is 9.46. The van der Waals surface area contributed by atoms with Crippen molar-refractivity contribution in [2.75, 3.05) is 19.4 Å². The number of hydrogen-bond donors (Lipinski definition) is 1. The predicted molar refractivity (Wildman–Crippen MR) is 70.8 cm³/mol. The molecule has 0 aliphatic rings. The Labute approximate surface area is 96.0 Å². The van der Waals surface area contributed by atoms with E-state index in [2.05, 4.69) is 17.0 Å². The van der Waals surface area contributed by atoms with Crippen molar-refractivity contribution in [1.29, 1.82) is 0 Å². The number of nitrogens with one attached hydrogen (secondary N) is 1. The average Bonchev–Trinajstić information content (AvgIpc) is 2.19. The molecule has 0 aromatic heterocycles. The van der Waals surface area contributed by atoms with E-state index in [1.807, 2.05) is 6.92 Å². The quantitative estimate of drug-likeness (QED) is 0.312. The Bertz CT molecular complexity index is 212. The highest BCUT2D eigenvalue weighted by Gasteiger charge is 2.13. The first kappa shape index (κ1) is 14.4. The van der Waals surface area contributed by atoms with Gasteiger partial charge < -0.3 is 9.61 Å². The van der Waals surface area contributed by atoms with Gasteiger partial charge >= 0.3 is 0 Å². The molecule has 0 amide bonds. The Morgan fingerprint density at radius 2 is 2.29 bits per heavy atom. The standard InChI is InChI=1S/C8H19N2OPS2/c1-4-6-7-14-12(13,11-3)10-8-9-5-2/h8H,4-7H2,1-3H3,(H,9,10,13). The van der Waals surface area contributed by atoms with Gasteiger partial charge in [0.15, 0.2) is 0 Å². The van der Waals surface area contributed by atoms with Crippen LogP contribution in [0.3, 0.4) is 0 Å². The van der Waals surface area contributed by atoms with Gasteiger partial charge in [0.05, 0.1) is 6.34 Å². The summed E-state index contributed by atoms with van der Waals surface area (Å²) in [4.78, 5) is 4.06. The molecule has 0 aliphatic carbocycles. The molecule has 0 aliphatic heterocycles. The van der Waals surface area contributed by atoms with Crippen LogP contribution < -0.4 is 5.09 Å². The zero-order chi connectivity index (χ0) is 10.9. The maximum atomic E-state index is 5.38. The van der Waals surface area contributed by atoms with E-state index in [4.69, 9.17) is 16.3 Å². The van der Waals surface area contributed by atoms with Crippen LogP contribution in [0.1, 0.15) is 26.7 Å². The van der Waals surface area contributed by atoms with Gasteiger partial charge in [-0.2, -0.15) is 0 Å². The van der Waals surface area contributed by atoms with Crippen LogP contribution in [0.4, 0.5) is 0 Å². The maximum Gasteiger partial charge on any atom is 0.210 e. The normalized spacial score (nSPS) is 15.6. The van der Waals surface area contributed by atoms with Crippen LogP contribution in [0.15, 0.2) is 4.99 Å². The van der Waals surface area contributed by atoms with Crippen LogP contribution in [0.5, 0.6) is 0 Å². The van der Waals surface area contributed by atoms with E-state index < -0.39 is 5.62 Å². The van der Waals surface area contributed by atoms with Crippen LogP contribution in [-0.4, -0.2) is 25.7 Å². The minimum Gasteiger partial charge on any atom is -0.330 e. The van der Waals surface area contributed by atoms with E-state index in [9.17, 15) is 0 Å². The molecule has 0 heterocycles. The summed E-state index contributed by atoms with van der Waals surface area (Å²) >= 11 is 7.08. The van der Waals surface area contributed by atoms with Gasteiger partial charge in [-0.15, -0.1) is 0 Å².